The summed E-state index contributed by atoms with van der Waals surface area (Å²) in [6.45, 7) is 0. The van der Waals surface area contributed by atoms with Gasteiger partial charge in [0.1, 0.15) is 0 Å². The van der Waals surface area contributed by atoms with Gasteiger partial charge in [0.15, 0.2) is 0 Å². The van der Waals surface area contributed by atoms with Crippen molar-refractivity contribution in [2.75, 3.05) is 7.11 Å². The quantitative estimate of drug-likeness (QED) is 0.772. The molecular formula is C12H16N2O4S. The average molecular weight is 284 g/mol. The zero-order valence-electron chi connectivity index (χ0n) is 10.5. The summed E-state index contributed by atoms with van der Waals surface area (Å²) in [4.78, 5) is 11.5. The maximum atomic E-state index is 12.2. The molecule has 1 saturated carbocycles. The van der Waals surface area contributed by atoms with E-state index in [9.17, 15) is 13.2 Å². The van der Waals surface area contributed by atoms with E-state index in [0.717, 1.165) is 0 Å². The van der Waals surface area contributed by atoms with Crippen molar-refractivity contribution in [1.29, 1.82) is 0 Å². The second kappa shape index (κ2) is 5.28. The van der Waals surface area contributed by atoms with Crippen LogP contribution in [-0.2, 0) is 14.8 Å². The fourth-order valence-electron chi connectivity index (χ4n) is 2.02. The lowest BCUT2D eigenvalue weighted by Gasteiger charge is -2.32. The van der Waals surface area contributed by atoms with Gasteiger partial charge in [-0.2, -0.15) is 0 Å². The lowest BCUT2D eigenvalue weighted by Crippen LogP contribution is -2.50. The minimum atomic E-state index is -3.74. The third kappa shape index (κ3) is 2.94. The Morgan fingerprint density at radius 3 is 2.58 bits per heavy atom. The lowest BCUT2D eigenvalue weighted by molar-refractivity contribution is 0.0596. The van der Waals surface area contributed by atoms with Crippen LogP contribution in [0.15, 0.2) is 29.2 Å². The number of methoxy groups -OCH3 is 1. The van der Waals surface area contributed by atoms with Gasteiger partial charge in [-0.05, 0) is 25.0 Å². The van der Waals surface area contributed by atoms with E-state index in [-0.39, 0.29) is 22.5 Å². The summed E-state index contributed by atoms with van der Waals surface area (Å²) in [5.41, 5.74) is 5.65. The molecule has 0 heterocycles. The summed E-state index contributed by atoms with van der Waals surface area (Å²) < 4.78 is 31.6. The maximum Gasteiger partial charge on any atom is 0.339 e. The molecule has 6 nitrogen and oxygen atoms in total. The Hall–Kier alpha value is -1.44. The molecule has 0 saturated heterocycles. The fourth-order valence-corrected chi connectivity index (χ4v) is 3.48. The molecule has 1 fully saturated rings. The Balaban J connectivity index is 2.27. The van der Waals surface area contributed by atoms with Crippen molar-refractivity contribution in [1.82, 2.24) is 4.72 Å². The molecule has 0 amide bonds. The number of nitrogens with one attached hydrogen (secondary N) is 1. The smallest absolute Gasteiger partial charge is 0.339 e. The third-order valence-corrected chi connectivity index (χ3v) is 4.66. The molecule has 3 N–H and O–H groups in total. The first-order chi connectivity index (χ1) is 8.94. The Bertz CT molecular complexity index is 579. The molecule has 19 heavy (non-hydrogen) atoms. The number of carbonyl (C=O) groups is 1. The van der Waals surface area contributed by atoms with Gasteiger partial charge >= 0.3 is 5.97 Å². The average Bonchev–Trinajstić information content (AvgIpc) is 2.36. The largest absolute Gasteiger partial charge is 0.465 e. The molecule has 1 aromatic carbocycles. The third-order valence-electron chi connectivity index (χ3n) is 3.08. The van der Waals surface area contributed by atoms with Crippen LogP contribution in [0.5, 0.6) is 0 Å². The van der Waals surface area contributed by atoms with Gasteiger partial charge in [0, 0.05) is 12.1 Å². The van der Waals surface area contributed by atoms with Gasteiger partial charge in [-0.15, -0.1) is 0 Å². The zero-order valence-corrected chi connectivity index (χ0v) is 11.3. The van der Waals surface area contributed by atoms with Gasteiger partial charge in [0.2, 0.25) is 10.0 Å². The molecule has 104 valence electrons. The van der Waals surface area contributed by atoms with E-state index in [4.69, 9.17) is 5.73 Å². The van der Waals surface area contributed by atoms with Gasteiger partial charge in [-0.3, -0.25) is 0 Å². The van der Waals surface area contributed by atoms with Gasteiger partial charge in [-0.25, -0.2) is 17.9 Å². The standard InChI is InChI=1S/C12H16N2O4S/c1-18-12(15)10-4-2-3-5-11(10)19(16,17)14-9-6-8(13)7-9/h2-5,8-9,14H,6-7,13H2,1H3. The second-order valence-electron chi connectivity index (χ2n) is 4.54. The van der Waals surface area contributed by atoms with Gasteiger partial charge in [0.05, 0.1) is 17.6 Å². The van der Waals surface area contributed by atoms with E-state index in [1.807, 2.05) is 0 Å². The maximum absolute atomic E-state index is 12.2. The van der Waals surface area contributed by atoms with Crippen molar-refractivity contribution in [3.05, 3.63) is 29.8 Å². The number of nitrogens with two attached hydrogens (primary N) is 1. The van der Waals surface area contributed by atoms with Crippen LogP contribution < -0.4 is 10.5 Å². The minimum absolute atomic E-state index is 0.0288. The molecule has 1 aliphatic carbocycles. The summed E-state index contributed by atoms with van der Waals surface area (Å²) in [5, 5.41) is 0. The van der Waals surface area contributed by atoms with Crippen LogP contribution in [0.3, 0.4) is 0 Å². The normalized spacial score (nSPS) is 22.6. The Morgan fingerprint density at radius 1 is 1.37 bits per heavy atom. The van der Waals surface area contributed by atoms with Crippen molar-refractivity contribution in [3.63, 3.8) is 0 Å². The molecule has 0 bridgehead atoms. The number of hydrogen-bond acceptors (Lipinski definition) is 5. The van der Waals surface area contributed by atoms with Crippen LogP contribution in [-0.4, -0.2) is 33.6 Å². The molecule has 0 aliphatic heterocycles. The summed E-state index contributed by atoms with van der Waals surface area (Å²) in [7, 11) is -2.52. The molecule has 1 aliphatic rings. The van der Waals surface area contributed by atoms with Gasteiger partial charge in [0.25, 0.3) is 0 Å². The molecule has 0 atom stereocenters. The lowest BCUT2D eigenvalue weighted by atomic mass is 9.89. The molecule has 1 aromatic rings. The van der Waals surface area contributed by atoms with E-state index in [1.165, 1.54) is 19.2 Å². The predicted octanol–water partition coefficient (Wildman–Crippen LogP) is 0.241. The molecular weight excluding hydrogens is 268 g/mol. The zero-order chi connectivity index (χ0) is 14.0. The first kappa shape index (κ1) is 14.0. The van der Waals surface area contributed by atoms with E-state index in [2.05, 4.69) is 9.46 Å². The van der Waals surface area contributed by atoms with Crippen molar-refractivity contribution in [2.24, 2.45) is 5.73 Å². The summed E-state index contributed by atoms with van der Waals surface area (Å²) >= 11 is 0. The van der Waals surface area contributed by atoms with Crippen LogP contribution in [0.1, 0.15) is 23.2 Å². The van der Waals surface area contributed by atoms with Crippen molar-refractivity contribution >= 4 is 16.0 Å². The molecule has 0 spiro atoms. The van der Waals surface area contributed by atoms with Crippen LogP contribution >= 0.6 is 0 Å². The minimum Gasteiger partial charge on any atom is -0.465 e. The van der Waals surface area contributed by atoms with Crippen LogP contribution in [0.25, 0.3) is 0 Å². The van der Waals surface area contributed by atoms with Crippen molar-refractivity contribution < 1.29 is 17.9 Å². The highest BCUT2D eigenvalue weighted by Gasteiger charge is 2.32. The van der Waals surface area contributed by atoms with E-state index in [0.29, 0.717) is 12.8 Å². The van der Waals surface area contributed by atoms with Gasteiger partial charge < -0.3 is 10.5 Å². The fraction of sp³-hybridized carbons (Fsp3) is 0.417. The Morgan fingerprint density at radius 2 is 2.00 bits per heavy atom. The number of sulfonamides is 1. The highest BCUT2D eigenvalue weighted by molar-refractivity contribution is 7.89. The number of esters is 1. The van der Waals surface area contributed by atoms with Crippen molar-refractivity contribution in [3.8, 4) is 0 Å². The highest BCUT2D eigenvalue weighted by atomic mass is 32.2. The van der Waals surface area contributed by atoms with Crippen LogP contribution in [0.4, 0.5) is 0 Å². The van der Waals surface area contributed by atoms with Crippen molar-refractivity contribution in [2.45, 2.75) is 29.8 Å². The summed E-state index contributed by atoms with van der Waals surface area (Å²) in [6.07, 6.45) is 1.22. The van der Waals surface area contributed by atoms with E-state index >= 15 is 0 Å². The topological polar surface area (TPSA) is 98.5 Å². The number of rotatable bonds is 4. The number of ether oxygens (including phenoxy) is 1. The van der Waals surface area contributed by atoms with Gasteiger partial charge in [-0.1, -0.05) is 12.1 Å². The molecule has 0 unspecified atom stereocenters. The van der Waals surface area contributed by atoms with E-state index < -0.39 is 16.0 Å². The number of hydrogen-bond donors (Lipinski definition) is 2. The number of benzene rings is 1. The highest BCUT2D eigenvalue weighted by Crippen LogP contribution is 2.22. The SMILES string of the molecule is COC(=O)c1ccccc1S(=O)(=O)NC1CC(N)C1. The summed E-state index contributed by atoms with van der Waals surface area (Å²) in [6, 6.07) is 5.84. The molecule has 0 aromatic heterocycles. The first-order valence-corrected chi connectivity index (χ1v) is 7.37. The second-order valence-corrected chi connectivity index (χ2v) is 6.22. The first-order valence-electron chi connectivity index (χ1n) is 5.89. The Kier molecular flexibility index (Phi) is 3.88. The summed E-state index contributed by atoms with van der Waals surface area (Å²) in [5.74, 6) is -0.675. The number of carbonyl (C=O) groups excluding carboxylic acids is 1. The monoisotopic (exact) mass is 284 g/mol. The Labute approximate surface area is 112 Å². The predicted molar refractivity (Wildman–Crippen MR) is 69.1 cm³/mol. The molecule has 0 radical (unpaired) electrons. The van der Waals surface area contributed by atoms with Crippen LogP contribution in [0.2, 0.25) is 0 Å². The molecule has 2 rings (SSSR count). The van der Waals surface area contributed by atoms with E-state index in [1.54, 1.807) is 12.1 Å². The molecule has 7 heteroatoms. The van der Waals surface area contributed by atoms with Crippen LogP contribution in [0, 0.1) is 0 Å².